The van der Waals surface area contributed by atoms with Crippen LogP contribution in [0.15, 0.2) is 23.1 Å². The van der Waals surface area contributed by atoms with Crippen molar-refractivity contribution in [3.8, 4) is 0 Å². The molecule has 1 aromatic carbocycles. The lowest BCUT2D eigenvalue weighted by Gasteiger charge is -2.17. The quantitative estimate of drug-likeness (QED) is 0.816. The molecule has 0 spiro atoms. The van der Waals surface area contributed by atoms with Crippen LogP contribution in [0.3, 0.4) is 0 Å². The highest BCUT2D eigenvalue weighted by Crippen LogP contribution is 2.21. The van der Waals surface area contributed by atoms with Crippen LogP contribution in [0.25, 0.3) is 0 Å². The van der Waals surface area contributed by atoms with Gasteiger partial charge in [-0.25, -0.2) is 0 Å². The highest BCUT2D eigenvalue weighted by atomic mass is 35.5. The fourth-order valence-electron chi connectivity index (χ4n) is 1.28. The molecular weight excluding hydrogens is 264 g/mol. The fourth-order valence-corrected chi connectivity index (χ4v) is 2.04. The van der Waals surface area contributed by atoms with Crippen LogP contribution in [-0.4, -0.2) is 39.7 Å². The summed E-state index contributed by atoms with van der Waals surface area (Å²) in [5.74, 6) is -0.293. The summed E-state index contributed by atoms with van der Waals surface area (Å²) in [5, 5.41) is 0.0939. The van der Waals surface area contributed by atoms with Gasteiger partial charge in [0.2, 0.25) is 0 Å². The summed E-state index contributed by atoms with van der Waals surface area (Å²) >= 11 is 3.24. The number of halogens is 1. The molecule has 2 N–H and O–H groups in total. The number of amides is 1. The molecule has 94 valence electrons. The molecular formula is C10H12ClN2O3S-. The highest BCUT2D eigenvalue weighted by molar-refractivity contribution is 7.79. The molecule has 0 saturated heterocycles. The van der Waals surface area contributed by atoms with E-state index in [1.807, 2.05) is 0 Å². The van der Waals surface area contributed by atoms with E-state index in [0.29, 0.717) is 13.1 Å². The lowest BCUT2D eigenvalue weighted by molar-refractivity contribution is 0.0799. The first-order valence-electron chi connectivity index (χ1n) is 4.81. The molecule has 0 aromatic heterocycles. The lowest BCUT2D eigenvalue weighted by Crippen LogP contribution is -2.31. The van der Waals surface area contributed by atoms with Gasteiger partial charge < -0.3 is 15.2 Å². The summed E-state index contributed by atoms with van der Waals surface area (Å²) in [5.41, 5.74) is 5.60. The van der Waals surface area contributed by atoms with Gasteiger partial charge in [-0.3, -0.25) is 9.00 Å². The SMILES string of the molecule is CN(CCN)C(=O)c1ccc(Cl)c(S(=O)[O-])c1. The Morgan fingerprint density at radius 2 is 2.24 bits per heavy atom. The van der Waals surface area contributed by atoms with E-state index in [1.54, 1.807) is 7.05 Å². The van der Waals surface area contributed by atoms with E-state index in [0.717, 1.165) is 0 Å². The van der Waals surface area contributed by atoms with E-state index >= 15 is 0 Å². The Hall–Kier alpha value is -0.950. The summed E-state index contributed by atoms with van der Waals surface area (Å²) in [6.45, 7) is 0.743. The van der Waals surface area contributed by atoms with Crippen molar-refractivity contribution in [2.24, 2.45) is 5.73 Å². The Bertz CT molecular complexity index is 453. The second-order valence-electron chi connectivity index (χ2n) is 3.40. The van der Waals surface area contributed by atoms with Crippen molar-refractivity contribution in [1.82, 2.24) is 4.90 Å². The third-order valence-electron chi connectivity index (χ3n) is 2.17. The largest absolute Gasteiger partial charge is 0.768 e. The molecule has 0 heterocycles. The molecule has 5 nitrogen and oxygen atoms in total. The van der Waals surface area contributed by atoms with E-state index in [2.05, 4.69) is 0 Å². The average Bonchev–Trinajstić information content (AvgIpc) is 2.28. The van der Waals surface area contributed by atoms with E-state index in [4.69, 9.17) is 17.3 Å². The first-order chi connectivity index (χ1) is 7.97. The average molecular weight is 276 g/mol. The molecule has 0 aliphatic rings. The summed E-state index contributed by atoms with van der Waals surface area (Å²) in [4.78, 5) is 13.2. The summed E-state index contributed by atoms with van der Waals surface area (Å²) in [6, 6.07) is 4.12. The van der Waals surface area contributed by atoms with Gasteiger partial charge >= 0.3 is 0 Å². The molecule has 0 aliphatic heterocycles. The van der Waals surface area contributed by atoms with Gasteiger partial charge in [-0.15, -0.1) is 0 Å². The number of hydrogen-bond acceptors (Lipinski definition) is 4. The zero-order valence-electron chi connectivity index (χ0n) is 9.18. The zero-order valence-corrected chi connectivity index (χ0v) is 10.8. The molecule has 1 atom stereocenters. The van der Waals surface area contributed by atoms with Gasteiger partial charge in [-0.2, -0.15) is 0 Å². The van der Waals surface area contributed by atoms with E-state index in [-0.39, 0.29) is 21.4 Å². The predicted molar refractivity (Wildman–Crippen MR) is 64.7 cm³/mol. The molecule has 0 bridgehead atoms. The van der Waals surface area contributed by atoms with Crippen LogP contribution in [0.5, 0.6) is 0 Å². The minimum atomic E-state index is -2.46. The van der Waals surface area contributed by atoms with Crippen LogP contribution in [0.4, 0.5) is 0 Å². The van der Waals surface area contributed by atoms with Crippen LogP contribution in [0.1, 0.15) is 10.4 Å². The number of benzene rings is 1. The number of carbonyl (C=O) groups is 1. The summed E-state index contributed by atoms with van der Waals surface area (Å²) in [7, 11) is 1.59. The molecule has 0 saturated carbocycles. The van der Waals surface area contributed by atoms with Gasteiger partial charge in [-0.1, -0.05) is 11.6 Å². The van der Waals surface area contributed by atoms with E-state index in [1.165, 1.54) is 23.1 Å². The minimum absolute atomic E-state index is 0.0846. The molecule has 1 rings (SSSR count). The van der Waals surface area contributed by atoms with Crippen molar-refractivity contribution >= 4 is 28.6 Å². The minimum Gasteiger partial charge on any atom is -0.768 e. The normalized spacial score (nSPS) is 12.2. The van der Waals surface area contributed by atoms with Crippen LogP contribution in [0.2, 0.25) is 5.02 Å². The van der Waals surface area contributed by atoms with E-state index < -0.39 is 11.1 Å². The molecule has 0 fully saturated rings. The number of likely N-dealkylation sites (N-methyl/N-ethyl adjacent to an activating group) is 1. The van der Waals surface area contributed by atoms with Gasteiger partial charge in [-0.05, 0) is 29.3 Å². The van der Waals surface area contributed by atoms with Gasteiger partial charge in [0.25, 0.3) is 5.91 Å². The number of nitrogens with two attached hydrogens (primary N) is 1. The van der Waals surface area contributed by atoms with Gasteiger partial charge in [0.15, 0.2) is 0 Å². The fraction of sp³-hybridized carbons (Fsp3) is 0.300. The van der Waals surface area contributed by atoms with Gasteiger partial charge in [0, 0.05) is 30.6 Å². The monoisotopic (exact) mass is 275 g/mol. The smallest absolute Gasteiger partial charge is 0.253 e. The molecule has 1 amide bonds. The summed E-state index contributed by atoms with van der Waals surface area (Å²) in [6.07, 6.45) is 0. The first-order valence-corrected chi connectivity index (χ1v) is 6.27. The second kappa shape index (κ2) is 6.11. The Morgan fingerprint density at radius 1 is 1.59 bits per heavy atom. The predicted octanol–water partition coefficient (Wildman–Crippen LogP) is 0.609. The molecule has 0 radical (unpaired) electrons. The maximum absolute atomic E-state index is 11.8. The number of nitrogens with zero attached hydrogens (tertiary/aromatic N) is 1. The molecule has 0 aliphatic carbocycles. The van der Waals surface area contributed by atoms with E-state index in [9.17, 15) is 13.6 Å². The maximum atomic E-state index is 11.8. The molecule has 17 heavy (non-hydrogen) atoms. The van der Waals surface area contributed by atoms with Crippen LogP contribution in [-0.2, 0) is 11.1 Å². The van der Waals surface area contributed by atoms with Gasteiger partial charge in [0.1, 0.15) is 0 Å². The van der Waals surface area contributed by atoms with Crippen LogP contribution < -0.4 is 5.73 Å². The molecule has 1 unspecified atom stereocenters. The lowest BCUT2D eigenvalue weighted by atomic mass is 10.2. The number of hydrogen-bond donors (Lipinski definition) is 1. The van der Waals surface area contributed by atoms with Crippen molar-refractivity contribution in [3.63, 3.8) is 0 Å². The van der Waals surface area contributed by atoms with Crippen molar-refractivity contribution in [2.75, 3.05) is 20.1 Å². The number of carbonyl (C=O) groups excluding carboxylic acids is 1. The Balaban J connectivity index is 3.03. The Kier molecular flexibility index (Phi) is 5.07. The number of rotatable bonds is 4. The third kappa shape index (κ3) is 3.50. The van der Waals surface area contributed by atoms with Crippen LogP contribution in [0, 0.1) is 0 Å². The zero-order chi connectivity index (χ0) is 13.0. The standard InChI is InChI=1S/C10H13ClN2O3S/c1-13(5-4-12)10(14)7-2-3-8(11)9(6-7)17(15)16/h2-3,6H,4-5,12H2,1H3,(H,15,16)/p-1. The van der Waals surface area contributed by atoms with Gasteiger partial charge in [0.05, 0.1) is 5.02 Å². The van der Waals surface area contributed by atoms with Crippen molar-refractivity contribution in [1.29, 1.82) is 0 Å². The van der Waals surface area contributed by atoms with Crippen molar-refractivity contribution in [2.45, 2.75) is 4.90 Å². The third-order valence-corrected chi connectivity index (χ3v) is 3.31. The molecule has 1 aromatic rings. The first kappa shape index (κ1) is 14.1. The Labute approximate surface area is 107 Å². The highest BCUT2D eigenvalue weighted by Gasteiger charge is 2.13. The van der Waals surface area contributed by atoms with Crippen LogP contribution >= 0.6 is 11.6 Å². The summed E-state index contributed by atoms with van der Waals surface area (Å²) < 4.78 is 21.7. The molecule has 7 heteroatoms. The van der Waals surface area contributed by atoms with Crippen molar-refractivity contribution < 1.29 is 13.6 Å². The van der Waals surface area contributed by atoms with Crippen molar-refractivity contribution in [3.05, 3.63) is 28.8 Å². The topological polar surface area (TPSA) is 86.5 Å². The second-order valence-corrected chi connectivity index (χ2v) is 4.71. The Morgan fingerprint density at radius 3 is 2.76 bits per heavy atom. The maximum Gasteiger partial charge on any atom is 0.253 e.